The van der Waals surface area contributed by atoms with Crippen molar-refractivity contribution in [3.05, 3.63) is 52.2 Å². The van der Waals surface area contributed by atoms with Gasteiger partial charge in [-0.2, -0.15) is 0 Å². The molecule has 1 aromatic heterocycles. The van der Waals surface area contributed by atoms with E-state index in [0.717, 1.165) is 11.3 Å². The first-order valence-electron chi connectivity index (χ1n) is 6.31. The molecule has 0 saturated heterocycles. The van der Waals surface area contributed by atoms with Crippen molar-refractivity contribution in [2.75, 3.05) is 19.8 Å². The lowest BCUT2D eigenvalue weighted by atomic mass is 10.2. The molecular weight excluding hydrogens is 272 g/mol. The van der Waals surface area contributed by atoms with E-state index in [4.69, 9.17) is 14.6 Å². The van der Waals surface area contributed by atoms with Gasteiger partial charge in [-0.05, 0) is 29.6 Å². The Morgan fingerprint density at radius 3 is 2.90 bits per heavy atom. The van der Waals surface area contributed by atoms with E-state index in [2.05, 4.69) is 17.9 Å². The van der Waals surface area contributed by atoms with Gasteiger partial charge in [-0.25, -0.2) is 0 Å². The molecule has 1 N–H and O–H groups in total. The van der Waals surface area contributed by atoms with Crippen molar-refractivity contribution in [2.24, 2.45) is 0 Å². The van der Waals surface area contributed by atoms with Gasteiger partial charge in [0.2, 0.25) is 0 Å². The zero-order valence-corrected chi connectivity index (χ0v) is 11.9. The highest BCUT2D eigenvalue weighted by Gasteiger charge is 1.97. The molecule has 2 rings (SSSR count). The fourth-order valence-corrected chi connectivity index (χ4v) is 2.23. The highest BCUT2D eigenvalue weighted by atomic mass is 32.1. The van der Waals surface area contributed by atoms with E-state index in [1.807, 2.05) is 35.7 Å². The third-order valence-electron chi connectivity index (χ3n) is 2.47. The number of aliphatic hydroxyl groups excluding tert-OH is 1. The van der Waals surface area contributed by atoms with E-state index >= 15 is 0 Å². The third-order valence-corrected chi connectivity index (χ3v) is 3.32. The normalized spacial score (nSPS) is 9.85. The van der Waals surface area contributed by atoms with Crippen LogP contribution in [0.25, 0.3) is 0 Å². The summed E-state index contributed by atoms with van der Waals surface area (Å²) in [5, 5.41) is 10.7. The van der Waals surface area contributed by atoms with Crippen LogP contribution in [-0.4, -0.2) is 24.9 Å². The standard InChI is InChI=1S/C16H16O3S/c17-8-2-5-14-4-1-6-15(12-14)19-10-9-18-13-16-7-3-11-20-16/h1,3-4,6-7,11-12,17H,8-10,13H2. The zero-order valence-electron chi connectivity index (χ0n) is 11.0. The summed E-state index contributed by atoms with van der Waals surface area (Å²) in [7, 11) is 0. The number of thiophene rings is 1. The first-order chi connectivity index (χ1) is 9.88. The van der Waals surface area contributed by atoms with Crippen LogP contribution in [0.2, 0.25) is 0 Å². The molecule has 104 valence electrons. The molecule has 3 nitrogen and oxygen atoms in total. The van der Waals surface area contributed by atoms with Gasteiger partial charge in [-0.3, -0.25) is 0 Å². The van der Waals surface area contributed by atoms with E-state index in [9.17, 15) is 0 Å². The minimum atomic E-state index is -0.137. The molecule has 0 radical (unpaired) electrons. The summed E-state index contributed by atoms with van der Waals surface area (Å²) in [6.45, 7) is 1.54. The Kier molecular flexibility index (Phi) is 6.12. The van der Waals surface area contributed by atoms with Crippen molar-refractivity contribution in [3.8, 4) is 17.6 Å². The van der Waals surface area contributed by atoms with E-state index in [0.29, 0.717) is 19.8 Å². The summed E-state index contributed by atoms with van der Waals surface area (Å²) >= 11 is 1.69. The van der Waals surface area contributed by atoms with Gasteiger partial charge in [0, 0.05) is 10.4 Å². The number of hydrogen-bond acceptors (Lipinski definition) is 4. The molecule has 0 spiro atoms. The van der Waals surface area contributed by atoms with E-state index in [-0.39, 0.29) is 6.61 Å². The Labute approximate surface area is 122 Å². The summed E-state index contributed by atoms with van der Waals surface area (Å²) in [6, 6.07) is 11.5. The van der Waals surface area contributed by atoms with Crippen LogP contribution in [0.4, 0.5) is 0 Å². The molecule has 0 aliphatic rings. The number of aliphatic hydroxyl groups is 1. The van der Waals surface area contributed by atoms with Gasteiger partial charge >= 0.3 is 0 Å². The Morgan fingerprint density at radius 2 is 2.10 bits per heavy atom. The fraction of sp³-hybridized carbons (Fsp3) is 0.250. The fourth-order valence-electron chi connectivity index (χ4n) is 1.59. The summed E-state index contributed by atoms with van der Waals surface area (Å²) in [6.07, 6.45) is 0. The monoisotopic (exact) mass is 288 g/mol. The SMILES string of the molecule is OCC#Cc1cccc(OCCOCc2cccs2)c1. The second-order valence-corrected chi connectivity index (χ2v) is 5.00. The minimum Gasteiger partial charge on any atom is -0.491 e. The van der Waals surface area contributed by atoms with E-state index in [1.165, 1.54) is 4.88 Å². The average Bonchev–Trinajstić information content (AvgIpc) is 2.98. The van der Waals surface area contributed by atoms with Crippen LogP contribution in [0.5, 0.6) is 5.75 Å². The summed E-state index contributed by atoms with van der Waals surface area (Å²) in [5.74, 6) is 6.21. The molecule has 0 unspecified atom stereocenters. The van der Waals surface area contributed by atoms with Crippen LogP contribution in [0, 0.1) is 11.8 Å². The number of benzene rings is 1. The lowest BCUT2D eigenvalue weighted by Gasteiger charge is -2.06. The quantitative estimate of drug-likeness (QED) is 0.656. The van der Waals surface area contributed by atoms with Gasteiger partial charge in [0.25, 0.3) is 0 Å². The van der Waals surface area contributed by atoms with Gasteiger partial charge < -0.3 is 14.6 Å². The predicted octanol–water partition coefficient (Wildman–Crippen LogP) is 2.69. The molecule has 4 heteroatoms. The molecule has 1 heterocycles. The molecule has 0 aliphatic carbocycles. The molecule has 0 amide bonds. The summed E-state index contributed by atoms with van der Waals surface area (Å²) in [5.41, 5.74) is 0.830. The molecule has 0 saturated carbocycles. The van der Waals surface area contributed by atoms with Crippen molar-refractivity contribution >= 4 is 11.3 Å². The van der Waals surface area contributed by atoms with Crippen LogP contribution < -0.4 is 4.74 Å². The highest BCUT2D eigenvalue weighted by Crippen LogP contribution is 2.13. The van der Waals surface area contributed by atoms with Gasteiger partial charge in [-0.1, -0.05) is 24.0 Å². The molecule has 0 atom stereocenters. The van der Waals surface area contributed by atoms with Crippen LogP contribution in [-0.2, 0) is 11.3 Å². The molecule has 0 fully saturated rings. The maximum Gasteiger partial charge on any atom is 0.120 e. The maximum atomic E-state index is 8.66. The zero-order chi connectivity index (χ0) is 14.0. The van der Waals surface area contributed by atoms with Crippen molar-refractivity contribution in [1.29, 1.82) is 0 Å². The van der Waals surface area contributed by atoms with E-state index < -0.39 is 0 Å². The van der Waals surface area contributed by atoms with Crippen LogP contribution in [0.1, 0.15) is 10.4 Å². The van der Waals surface area contributed by atoms with Gasteiger partial charge in [0.1, 0.15) is 19.0 Å². The lowest BCUT2D eigenvalue weighted by molar-refractivity contribution is 0.0905. The predicted molar refractivity (Wildman–Crippen MR) is 79.9 cm³/mol. The molecule has 0 bridgehead atoms. The van der Waals surface area contributed by atoms with Gasteiger partial charge in [0.05, 0.1) is 13.2 Å². The number of hydrogen-bond donors (Lipinski definition) is 1. The summed E-state index contributed by atoms with van der Waals surface area (Å²) < 4.78 is 11.1. The van der Waals surface area contributed by atoms with Crippen molar-refractivity contribution in [1.82, 2.24) is 0 Å². The molecule has 2 aromatic rings. The Bertz CT molecular complexity index is 567. The Hall–Kier alpha value is -1.80. The molecule has 0 aliphatic heterocycles. The smallest absolute Gasteiger partial charge is 0.120 e. The first kappa shape index (κ1) is 14.6. The molecular formula is C16H16O3S. The van der Waals surface area contributed by atoms with Crippen molar-refractivity contribution < 1.29 is 14.6 Å². The Balaban J connectivity index is 1.71. The van der Waals surface area contributed by atoms with Crippen LogP contribution in [0.15, 0.2) is 41.8 Å². The third kappa shape index (κ3) is 5.06. The van der Waals surface area contributed by atoms with E-state index in [1.54, 1.807) is 11.3 Å². The minimum absolute atomic E-state index is 0.137. The number of ether oxygens (including phenoxy) is 2. The van der Waals surface area contributed by atoms with Crippen molar-refractivity contribution in [3.63, 3.8) is 0 Å². The second-order valence-electron chi connectivity index (χ2n) is 3.97. The lowest BCUT2D eigenvalue weighted by Crippen LogP contribution is -2.06. The second kappa shape index (κ2) is 8.39. The Morgan fingerprint density at radius 1 is 1.15 bits per heavy atom. The van der Waals surface area contributed by atoms with Crippen molar-refractivity contribution in [2.45, 2.75) is 6.61 Å². The largest absolute Gasteiger partial charge is 0.491 e. The highest BCUT2D eigenvalue weighted by molar-refractivity contribution is 7.09. The van der Waals surface area contributed by atoms with Crippen LogP contribution >= 0.6 is 11.3 Å². The topological polar surface area (TPSA) is 38.7 Å². The summed E-state index contributed by atoms with van der Waals surface area (Å²) in [4.78, 5) is 1.21. The van der Waals surface area contributed by atoms with Crippen LogP contribution in [0.3, 0.4) is 0 Å². The molecule has 1 aromatic carbocycles. The average molecular weight is 288 g/mol. The molecule has 20 heavy (non-hydrogen) atoms. The van der Waals surface area contributed by atoms with Gasteiger partial charge in [-0.15, -0.1) is 11.3 Å². The number of rotatable bonds is 6. The first-order valence-corrected chi connectivity index (χ1v) is 7.19. The maximum absolute atomic E-state index is 8.66. The van der Waals surface area contributed by atoms with Gasteiger partial charge in [0.15, 0.2) is 0 Å².